The van der Waals surface area contributed by atoms with Crippen LogP contribution >= 0.6 is 0 Å². The third-order valence-corrected chi connectivity index (χ3v) is 9.01. The van der Waals surface area contributed by atoms with Crippen LogP contribution in [0.5, 0.6) is 0 Å². The second kappa shape index (κ2) is 11.6. The molecule has 1 aliphatic rings. The minimum atomic E-state index is -0.682. The summed E-state index contributed by atoms with van der Waals surface area (Å²) in [6, 6.07) is 48.4. The molecule has 0 saturated heterocycles. The van der Waals surface area contributed by atoms with Crippen LogP contribution in [0.3, 0.4) is 0 Å². The largest absolute Gasteiger partial charge is 2.00 e. The maximum absolute atomic E-state index is 4.89. The van der Waals surface area contributed by atoms with Gasteiger partial charge in [-0.05, 0) is 68.3 Å². The van der Waals surface area contributed by atoms with E-state index in [0.717, 1.165) is 44.5 Å². The van der Waals surface area contributed by atoms with E-state index in [-0.39, 0.29) is 26.5 Å². The molecule has 7 aromatic rings. The monoisotopic (exact) mass is 772 g/mol. The zero-order valence-corrected chi connectivity index (χ0v) is 28.1. The maximum atomic E-state index is 4.89. The average molecular weight is 773 g/mol. The van der Waals surface area contributed by atoms with E-state index in [2.05, 4.69) is 129 Å². The Morgan fingerprint density at radius 2 is 1.26 bits per heavy atom. The van der Waals surface area contributed by atoms with Crippen molar-refractivity contribution in [1.82, 2.24) is 15.0 Å². The molecular formula is C42H31N3Pt. The van der Waals surface area contributed by atoms with E-state index in [0.29, 0.717) is 0 Å². The molecule has 0 saturated carbocycles. The van der Waals surface area contributed by atoms with E-state index in [1.54, 1.807) is 0 Å². The van der Waals surface area contributed by atoms with Crippen LogP contribution in [0.4, 0.5) is 0 Å². The summed E-state index contributed by atoms with van der Waals surface area (Å²) in [5.74, 6) is 0. The Hall–Kier alpha value is -4.72. The number of hydrogen-bond donors (Lipinski definition) is 0. The van der Waals surface area contributed by atoms with Crippen molar-refractivity contribution in [1.29, 1.82) is 0 Å². The summed E-state index contributed by atoms with van der Waals surface area (Å²) in [4.78, 5) is 14.4. The van der Waals surface area contributed by atoms with E-state index >= 15 is 0 Å². The van der Waals surface area contributed by atoms with Crippen LogP contribution in [0, 0.1) is 12.1 Å². The van der Waals surface area contributed by atoms with Crippen molar-refractivity contribution in [2.75, 3.05) is 0 Å². The minimum absolute atomic E-state index is 0. The van der Waals surface area contributed by atoms with Crippen LogP contribution in [0.15, 0.2) is 134 Å². The summed E-state index contributed by atoms with van der Waals surface area (Å²) in [5, 5.41) is 1.05. The average Bonchev–Trinajstić information content (AvgIpc) is 3.39. The summed E-state index contributed by atoms with van der Waals surface area (Å²) in [6.45, 7) is 6.69. The predicted molar refractivity (Wildman–Crippen MR) is 182 cm³/mol. The zero-order chi connectivity index (χ0) is 30.6. The molecule has 0 bridgehead atoms. The van der Waals surface area contributed by atoms with Crippen molar-refractivity contribution in [3.8, 4) is 33.6 Å². The first-order valence-corrected chi connectivity index (χ1v) is 15.4. The first kappa shape index (κ1) is 30.0. The molecule has 0 unspecified atom stereocenters. The summed E-state index contributed by atoms with van der Waals surface area (Å²) < 4.78 is 0. The van der Waals surface area contributed by atoms with Gasteiger partial charge in [0.15, 0.2) is 0 Å². The molecule has 4 heteroatoms. The fraction of sp³-hybridized carbons (Fsp3) is 0.119. The normalized spacial score (nSPS) is 13.1. The molecule has 0 fully saturated rings. The number of benzene rings is 4. The third kappa shape index (κ3) is 4.73. The quantitative estimate of drug-likeness (QED) is 0.167. The van der Waals surface area contributed by atoms with Crippen molar-refractivity contribution >= 4 is 10.9 Å². The summed E-state index contributed by atoms with van der Waals surface area (Å²) in [5.41, 5.74) is 12.0. The number of fused-ring (bicyclic) bond motifs is 4. The minimum Gasteiger partial charge on any atom is -0.305 e. The van der Waals surface area contributed by atoms with Crippen LogP contribution in [-0.4, -0.2) is 15.0 Å². The topological polar surface area (TPSA) is 38.7 Å². The summed E-state index contributed by atoms with van der Waals surface area (Å²) in [6.07, 6.45) is 5.60. The van der Waals surface area contributed by atoms with Gasteiger partial charge in [0.05, 0.1) is 0 Å². The fourth-order valence-electron chi connectivity index (χ4n) is 6.87. The van der Waals surface area contributed by atoms with E-state index in [9.17, 15) is 0 Å². The fourth-order valence-corrected chi connectivity index (χ4v) is 6.87. The van der Waals surface area contributed by atoms with E-state index < -0.39 is 5.41 Å². The van der Waals surface area contributed by atoms with Gasteiger partial charge >= 0.3 is 21.1 Å². The molecule has 0 amide bonds. The summed E-state index contributed by atoms with van der Waals surface area (Å²) >= 11 is 0. The van der Waals surface area contributed by atoms with Crippen molar-refractivity contribution in [3.05, 3.63) is 174 Å². The van der Waals surface area contributed by atoms with Gasteiger partial charge in [-0.3, -0.25) is 0 Å². The molecule has 4 aromatic carbocycles. The SMILES string of the molecule is CC(C)(C)c1ccnc(-c2[c-]c(C3(c4[c-]c(-c5ccccn5)ccc4)c4ccccc4-c4ccccc43)cc3cccnc23)c1.[Pt+2]. The van der Waals surface area contributed by atoms with Gasteiger partial charge in [-0.2, -0.15) is 0 Å². The van der Waals surface area contributed by atoms with Gasteiger partial charge in [-0.25, -0.2) is 0 Å². The Morgan fingerprint density at radius 3 is 1.98 bits per heavy atom. The third-order valence-electron chi connectivity index (χ3n) is 9.01. The Morgan fingerprint density at radius 1 is 0.565 bits per heavy atom. The first-order valence-electron chi connectivity index (χ1n) is 15.4. The Bertz CT molecular complexity index is 2170. The maximum Gasteiger partial charge on any atom is 2.00 e. The van der Waals surface area contributed by atoms with Crippen LogP contribution in [-0.2, 0) is 31.9 Å². The van der Waals surface area contributed by atoms with Crippen LogP contribution in [0.1, 0.15) is 48.6 Å². The molecule has 0 atom stereocenters. The molecular weight excluding hydrogens is 742 g/mol. The second-order valence-corrected chi connectivity index (χ2v) is 12.7. The number of nitrogens with zero attached hydrogens (tertiary/aromatic N) is 3. The van der Waals surface area contributed by atoms with Crippen molar-refractivity contribution < 1.29 is 21.1 Å². The molecule has 1 aliphatic carbocycles. The number of pyridine rings is 3. The van der Waals surface area contributed by atoms with Gasteiger partial charge < -0.3 is 15.0 Å². The number of aromatic nitrogens is 3. The first-order chi connectivity index (χ1) is 21.9. The van der Waals surface area contributed by atoms with Crippen LogP contribution < -0.4 is 0 Å². The molecule has 3 nitrogen and oxygen atoms in total. The molecule has 224 valence electrons. The molecule has 0 radical (unpaired) electrons. The molecule has 46 heavy (non-hydrogen) atoms. The molecule has 8 rings (SSSR count). The number of hydrogen-bond acceptors (Lipinski definition) is 3. The van der Waals surface area contributed by atoms with Crippen LogP contribution in [0.25, 0.3) is 44.5 Å². The second-order valence-electron chi connectivity index (χ2n) is 12.7. The zero-order valence-electron chi connectivity index (χ0n) is 25.9. The molecule has 0 N–H and O–H groups in total. The van der Waals surface area contributed by atoms with Gasteiger partial charge in [0.1, 0.15) is 0 Å². The predicted octanol–water partition coefficient (Wildman–Crippen LogP) is 9.62. The van der Waals surface area contributed by atoms with Gasteiger partial charge in [0.2, 0.25) is 0 Å². The van der Waals surface area contributed by atoms with E-state index in [4.69, 9.17) is 9.97 Å². The smallest absolute Gasteiger partial charge is 0.305 e. The molecule has 3 aromatic heterocycles. The molecule has 0 spiro atoms. The Balaban J connectivity index is 0.00000338. The van der Waals surface area contributed by atoms with E-state index in [1.165, 1.54) is 27.8 Å². The van der Waals surface area contributed by atoms with Crippen molar-refractivity contribution in [2.45, 2.75) is 31.6 Å². The molecule has 3 heterocycles. The Labute approximate surface area is 284 Å². The van der Waals surface area contributed by atoms with Gasteiger partial charge in [0.25, 0.3) is 0 Å². The Kier molecular flexibility index (Phi) is 7.54. The van der Waals surface area contributed by atoms with E-state index in [1.807, 2.05) is 42.9 Å². The van der Waals surface area contributed by atoms with Gasteiger partial charge in [0, 0.05) is 24.0 Å². The van der Waals surface area contributed by atoms with Crippen molar-refractivity contribution in [2.24, 2.45) is 0 Å². The standard InChI is InChI=1S/C42H31N3.Pt/c1-41(2,3)30-20-23-44-39(27-30)35-26-32(25-29-13-11-22-45-40(29)35)42(31-14-10-12-28(24-31)38-19-8-9-21-43-38)36-17-6-4-15-33(36)34-16-5-7-18-37(34)42;/h4-23,25,27H,1-3H3;/q-2;+2. The van der Waals surface area contributed by atoms with Gasteiger partial charge in [-0.15, -0.1) is 53.1 Å². The summed E-state index contributed by atoms with van der Waals surface area (Å²) in [7, 11) is 0. The van der Waals surface area contributed by atoms with Gasteiger partial charge in [-0.1, -0.05) is 105 Å². The van der Waals surface area contributed by atoms with Crippen LogP contribution in [0.2, 0.25) is 0 Å². The number of rotatable bonds is 4. The van der Waals surface area contributed by atoms with Crippen molar-refractivity contribution in [3.63, 3.8) is 0 Å². The molecule has 0 aliphatic heterocycles.